The summed E-state index contributed by atoms with van der Waals surface area (Å²) < 4.78 is 0. The molecule has 2 saturated carbocycles. The number of carbonyl (C=O) groups excluding carboxylic acids is 1. The highest BCUT2D eigenvalue weighted by Crippen LogP contribution is 2.30. The van der Waals surface area contributed by atoms with Crippen molar-refractivity contribution in [2.24, 2.45) is 5.92 Å². The van der Waals surface area contributed by atoms with E-state index in [0.717, 1.165) is 25.7 Å². The average Bonchev–Trinajstić information content (AvgIpc) is 3.13. The molecule has 1 aromatic heterocycles. The molecule has 1 amide bonds. The number of aromatic amines is 1. The van der Waals surface area contributed by atoms with Crippen molar-refractivity contribution in [3.05, 3.63) is 21.9 Å². The number of hydrogen-bond acceptors (Lipinski definition) is 4. The van der Waals surface area contributed by atoms with Gasteiger partial charge in [0.1, 0.15) is 5.82 Å². The first kappa shape index (κ1) is 18.1. The Morgan fingerprint density at radius 2 is 1.80 bits per heavy atom. The van der Waals surface area contributed by atoms with E-state index in [1.54, 1.807) is 0 Å². The normalized spacial score (nSPS) is 20.5. The van der Waals surface area contributed by atoms with E-state index in [0.29, 0.717) is 36.2 Å². The van der Waals surface area contributed by atoms with Crippen LogP contribution in [0.15, 0.2) is 4.79 Å². The van der Waals surface area contributed by atoms with Crippen molar-refractivity contribution < 1.29 is 4.79 Å². The van der Waals surface area contributed by atoms with E-state index in [2.05, 4.69) is 20.5 Å². The number of hydrogen-bond donors (Lipinski definition) is 2. The molecule has 6 nitrogen and oxygen atoms in total. The van der Waals surface area contributed by atoms with Crippen LogP contribution in [0, 0.1) is 5.92 Å². The zero-order valence-corrected chi connectivity index (χ0v) is 15.2. The molecule has 138 valence electrons. The molecular formula is C19H30N4O2. The number of amides is 1. The van der Waals surface area contributed by atoms with Gasteiger partial charge in [-0.1, -0.05) is 39.0 Å². The molecule has 2 aliphatic rings. The van der Waals surface area contributed by atoms with Gasteiger partial charge in [0.25, 0.3) is 5.56 Å². The molecule has 3 rings (SSSR count). The number of rotatable bonds is 6. The first-order valence-electron chi connectivity index (χ1n) is 9.93. The summed E-state index contributed by atoms with van der Waals surface area (Å²) in [5.74, 6) is 1.55. The van der Waals surface area contributed by atoms with Crippen LogP contribution < -0.4 is 10.9 Å². The van der Waals surface area contributed by atoms with Crippen LogP contribution in [0.3, 0.4) is 0 Å². The average molecular weight is 346 g/mol. The molecule has 6 heteroatoms. The van der Waals surface area contributed by atoms with Gasteiger partial charge in [-0.2, -0.15) is 0 Å². The number of aromatic nitrogens is 3. The zero-order valence-electron chi connectivity index (χ0n) is 15.2. The van der Waals surface area contributed by atoms with E-state index in [1.165, 1.54) is 32.1 Å². The van der Waals surface area contributed by atoms with Crippen LogP contribution in [0.4, 0.5) is 0 Å². The van der Waals surface area contributed by atoms with Gasteiger partial charge in [-0.25, -0.2) is 0 Å². The van der Waals surface area contributed by atoms with Gasteiger partial charge < -0.3 is 10.3 Å². The second-order valence-corrected chi connectivity index (χ2v) is 7.64. The summed E-state index contributed by atoms with van der Waals surface area (Å²) in [5.41, 5.74) is 0.130. The van der Waals surface area contributed by atoms with Crippen molar-refractivity contribution >= 4 is 5.91 Å². The van der Waals surface area contributed by atoms with Crippen molar-refractivity contribution in [3.8, 4) is 0 Å². The highest BCUT2D eigenvalue weighted by atomic mass is 16.2. The fraction of sp³-hybridized carbons (Fsp3) is 0.789. The fourth-order valence-electron chi connectivity index (χ4n) is 4.24. The minimum atomic E-state index is -0.356. The largest absolute Gasteiger partial charge is 0.347 e. The molecule has 1 heterocycles. The maximum absolute atomic E-state index is 12.5. The lowest BCUT2D eigenvalue weighted by atomic mass is 9.89. The van der Waals surface area contributed by atoms with E-state index in [4.69, 9.17) is 0 Å². The zero-order chi connectivity index (χ0) is 17.6. The lowest BCUT2D eigenvalue weighted by molar-refractivity contribution is -0.122. The number of carbonyl (C=O) groups is 1. The van der Waals surface area contributed by atoms with Crippen LogP contribution in [-0.4, -0.2) is 21.1 Å². The Morgan fingerprint density at radius 1 is 1.12 bits per heavy atom. The van der Waals surface area contributed by atoms with Crippen molar-refractivity contribution in [3.63, 3.8) is 0 Å². The summed E-state index contributed by atoms with van der Waals surface area (Å²) in [5, 5.41) is 11.5. The summed E-state index contributed by atoms with van der Waals surface area (Å²) in [6.07, 6.45) is 11.7. The Labute approximate surface area is 149 Å². The van der Waals surface area contributed by atoms with Crippen LogP contribution in [0.1, 0.15) is 101 Å². The number of nitrogens with zero attached hydrogens (tertiary/aromatic N) is 2. The van der Waals surface area contributed by atoms with E-state index in [-0.39, 0.29) is 17.5 Å². The molecule has 1 unspecified atom stereocenters. The van der Waals surface area contributed by atoms with E-state index in [1.807, 2.05) is 6.92 Å². The summed E-state index contributed by atoms with van der Waals surface area (Å²) in [6.45, 7) is 1.96. The van der Waals surface area contributed by atoms with Crippen molar-refractivity contribution in [1.82, 2.24) is 20.5 Å². The first-order chi connectivity index (χ1) is 12.2. The van der Waals surface area contributed by atoms with Gasteiger partial charge in [-0.05, 0) is 38.0 Å². The fourth-order valence-corrected chi connectivity index (χ4v) is 4.24. The Bertz CT molecular complexity index is 631. The SMILES string of the molecule is CCC(NC(=O)CC1CCCC1)c1nnc(C2CCCCC2)[nH]c1=O. The van der Waals surface area contributed by atoms with E-state index >= 15 is 0 Å². The highest BCUT2D eigenvalue weighted by molar-refractivity contribution is 5.76. The Morgan fingerprint density at radius 3 is 2.44 bits per heavy atom. The molecule has 1 aromatic rings. The Kier molecular flexibility index (Phi) is 6.21. The minimum Gasteiger partial charge on any atom is -0.347 e. The molecule has 1 atom stereocenters. The van der Waals surface area contributed by atoms with Crippen LogP contribution in [0.25, 0.3) is 0 Å². The number of H-pyrrole nitrogens is 1. The predicted octanol–water partition coefficient (Wildman–Crippen LogP) is 3.36. The lowest BCUT2D eigenvalue weighted by Crippen LogP contribution is -2.34. The second-order valence-electron chi connectivity index (χ2n) is 7.64. The first-order valence-corrected chi connectivity index (χ1v) is 9.93. The van der Waals surface area contributed by atoms with Crippen molar-refractivity contribution in [1.29, 1.82) is 0 Å². The van der Waals surface area contributed by atoms with Gasteiger partial charge in [0.2, 0.25) is 5.91 Å². The third-order valence-corrected chi connectivity index (χ3v) is 5.75. The van der Waals surface area contributed by atoms with Gasteiger partial charge in [-0.3, -0.25) is 9.59 Å². The van der Waals surface area contributed by atoms with Gasteiger partial charge in [-0.15, -0.1) is 10.2 Å². The molecular weight excluding hydrogens is 316 g/mol. The molecule has 2 aliphatic carbocycles. The summed E-state index contributed by atoms with van der Waals surface area (Å²) in [6, 6.07) is -0.356. The molecule has 2 fully saturated rings. The van der Waals surface area contributed by atoms with E-state index in [9.17, 15) is 9.59 Å². The second kappa shape index (κ2) is 8.59. The molecule has 0 aromatic carbocycles. The Balaban J connectivity index is 1.65. The number of nitrogens with one attached hydrogen (secondary N) is 2. The molecule has 0 aliphatic heterocycles. The summed E-state index contributed by atoms with van der Waals surface area (Å²) in [4.78, 5) is 27.7. The molecule has 0 radical (unpaired) electrons. The predicted molar refractivity (Wildman–Crippen MR) is 96.2 cm³/mol. The molecule has 25 heavy (non-hydrogen) atoms. The van der Waals surface area contributed by atoms with Gasteiger partial charge in [0, 0.05) is 12.3 Å². The monoisotopic (exact) mass is 346 g/mol. The maximum atomic E-state index is 12.5. The van der Waals surface area contributed by atoms with Crippen LogP contribution in [0.5, 0.6) is 0 Å². The minimum absolute atomic E-state index is 0.0244. The third kappa shape index (κ3) is 4.67. The molecule has 0 saturated heterocycles. The van der Waals surface area contributed by atoms with Gasteiger partial charge >= 0.3 is 0 Å². The maximum Gasteiger partial charge on any atom is 0.275 e. The smallest absolute Gasteiger partial charge is 0.275 e. The summed E-state index contributed by atoms with van der Waals surface area (Å²) in [7, 11) is 0. The van der Waals surface area contributed by atoms with Crippen LogP contribution >= 0.6 is 0 Å². The van der Waals surface area contributed by atoms with E-state index < -0.39 is 0 Å². The van der Waals surface area contributed by atoms with Crippen molar-refractivity contribution in [2.75, 3.05) is 0 Å². The third-order valence-electron chi connectivity index (χ3n) is 5.75. The quantitative estimate of drug-likeness (QED) is 0.827. The highest BCUT2D eigenvalue weighted by Gasteiger charge is 2.24. The topological polar surface area (TPSA) is 87.7 Å². The standard InChI is InChI=1S/C19H30N4O2/c1-2-15(20-16(24)12-13-8-6-7-9-13)17-19(25)21-18(23-22-17)14-10-4-3-5-11-14/h13-15H,2-12H2,1H3,(H,20,24)(H,21,23,25). The summed E-state index contributed by atoms with van der Waals surface area (Å²) >= 11 is 0. The Hall–Kier alpha value is -1.72. The lowest BCUT2D eigenvalue weighted by Gasteiger charge is -2.21. The van der Waals surface area contributed by atoms with Crippen molar-refractivity contribution in [2.45, 2.75) is 89.5 Å². The molecule has 2 N–H and O–H groups in total. The molecule has 0 spiro atoms. The van der Waals surface area contributed by atoms with Crippen LogP contribution in [0.2, 0.25) is 0 Å². The van der Waals surface area contributed by atoms with Gasteiger partial charge in [0.05, 0.1) is 6.04 Å². The molecule has 0 bridgehead atoms. The van der Waals surface area contributed by atoms with Gasteiger partial charge in [0.15, 0.2) is 5.69 Å². The van der Waals surface area contributed by atoms with Crippen LogP contribution in [-0.2, 0) is 4.79 Å².